The standard InChI is InChI=1S/C20H17NO/c1-16-7-13-20(14-8-16)21(22)15-17-9-11-19(12-10-17)18-5-3-2-4-6-18/h2-15H,1H3/b21-15-. The van der Waals surface area contributed by atoms with Gasteiger partial charge in [0.2, 0.25) is 5.69 Å². The van der Waals surface area contributed by atoms with Crippen LogP contribution in [0.15, 0.2) is 78.9 Å². The molecule has 3 aromatic rings. The highest BCUT2D eigenvalue weighted by Gasteiger charge is 2.02. The smallest absolute Gasteiger partial charge is 0.216 e. The Morgan fingerprint density at radius 2 is 1.32 bits per heavy atom. The summed E-state index contributed by atoms with van der Waals surface area (Å²) in [6.07, 6.45) is 1.60. The Morgan fingerprint density at radius 1 is 0.727 bits per heavy atom. The molecule has 0 aliphatic rings. The molecule has 0 aliphatic heterocycles. The molecule has 0 radical (unpaired) electrons. The summed E-state index contributed by atoms with van der Waals surface area (Å²) in [6.45, 7) is 2.00. The number of nitrogens with zero attached hydrogens (tertiary/aromatic N) is 1. The molecule has 2 heteroatoms. The van der Waals surface area contributed by atoms with Gasteiger partial charge in [0.1, 0.15) is 0 Å². The van der Waals surface area contributed by atoms with Gasteiger partial charge in [-0.3, -0.25) is 0 Å². The van der Waals surface area contributed by atoms with Crippen LogP contribution in [0.1, 0.15) is 11.1 Å². The van der Waals surface area contributed by atoms with E-state index in [1.807, 2.05) is 73.7 Å². The molecule has 22 heavy (non-hydrogen) atoms. The molecule has 0 fully saturated rings. The minimum absolute atomic E-state index is 0.637. The molecule has 108 valence electrons. The third kappa shape index (κ3) is 3.23. The highest BCUT2D eigenvalue weighted by Crippen LogP contribution is 2.19. The Bertz CT molecular complexity index is 772. The molecule has 0 aliphatic carbocycles. The molecule has 0 saturated heterocycles. The van der Waals surface area contributed by atoms with Crippen LogP contribution in [0.2, 0.25) is 0 Å². The summed E-state index contributed by atoms with van der Waals surface area (Å²) in [7, 11) is 0. The van der Waals surface area contributed by atoms with Crippen molar-refractivity contribution in [1.29, 1.82) is 0 Å². The van der Waals surface area contributed by atoms with Crippen molar-refractivity contribution in [1.82, 2.24) is 0 Å². The van der Waals surface area contributed by atoms with Crippen molar-refractivity contribution in [2.45, 2.75) is 6.92 Å². The van der Waals surface area contributed by atoms with Crippen molar-refractivity contribution in [3.05, 3.63) is 95.2 Å². The van der Waals surface area contributed by atoms with Crippen LogP contribution in [0.25, 0.3) is 11.1 Å². The molecule has 0 bridgehead atoms. The fourth-order valence-electron chi connectivity index (χ4n) is 2.29. The van der Waals surface area contributed by atoms with Crippen LogP contribution < -0.4 is 0 Å². The molecule has 0 heterocycles. The van der Waals surface area contributed by atoms with Crippen molar-refractivity contribution in [2.24, 2.45) is 0 Å². The largest absolute Gasteiger partial charge is 0.618 e. The van der Waals surface area contributed by atoms with Gasteiger partial charge in [0.05, 0.1) is 0 Å². The van der Waals surface area contributed by atoms with Gasteiger partial charge in [-0.15, -0.1) is 0 Å². The molecule has 0 unspecified atom stereocenters. The lowest BCUT2D eigenvalue weighted by Gasteiger charge is -2.04. The normalized spacial score (nSPS) is 11.4. The fraction of sp³-hybridized carbons (Fsp3) is 0.0500. The van der Waals surface area contributed by atoms with Gasteiger partial charge in [-0.2, -0.15) is 4.74 Å². The first-order chi connectivity index (χ1) is 10.7. The van der Waals surface area contributed by atoms with E-state index >= 15 is 0 Å². The highest BCUT2D eigenvalue weighted by atomic mass is 16.5. The van der Waals surface area contributed by atoms with Gasteiger partial charge in [-0.25, -0.2) is 0 Å². The third-order valence-electron chi connectivity index (χ3n) is 3.57. The van der Waals surface area contributed by atoms with Crippen LogP contribution in [-0.2, 0) is 0 Å². The summed E-state index contributed by atoms with van der Waals surface area (Å²) >= 11 is 0. The quantitative estimate of drug-likeness (QED) is 0.290. The average Bonchev–Trinajstić information content (AvgIpc) is 2.57. The van der Waals surface area contributed by atoms with Crippen molar-refractivity contribution in [3.63, 3.8) is 0 Å². The maximum atomic E-state index is 12.1. The number of hydrogen-bond acceptors (Lipinski definition) is 1. The van der Waals surface area contributed by atoms with E-state index in [2.05, 4.69) is 12.1 Å². The van der Waals surface area contributed by atoms with E-state index in [-0.39, 0.29) is 0 Å². The minimum Gasteiger partial charge on any atom is -0.618 e. The number of aryl methyl sites for hydroxylation is 1. The molecule has 0 aromatic heterocycles. The second kappa shape index (κ2) is 6.27. The third-order valence-corrected chi connectivity index (χ3v) is 3.57. The Morgan fingerprint density at radius 3 is 1.95 bits per heavy atom. The summed E-state index contributed by atoms with van der Waals surface area (Å²) in [4.78, 5) is 0. The molecule has 0 N–H and O–H groups in total. The second-order valence-electron chi connectivity index (χ2n) is 5.28. The minimum atomic E-state index is 0.637. The topological polar surface area (TPSA) is 26.1 Å². The van der Waals surface area contributed by atoms with Crippen LogP contribution in [0, 0.1) is 12.1 Å². The molecular formula is C20H17NO. The van der Waals surface area contributed by atoms with Crippen molar-refractivity contribution in [3.8, 4) is 11.1 Å². The van der Waals surface area contributed by atoms with Gasteiger partial charge in [-0.1, -0.05) is 60.2 Å². The lowest BCUT2D eigenvalue weighted by atomic mass is 10.0. The Balaban J connectivity index is 1.84. The molecule has 0 atom stereocenters. The van der Waals surface area contributed by atoms with E-state index < -0.39 is 0 Å². The summed E-state index contributed by atoms with van der Waals surface area (Å²) in [5.41, 5.74) is 4.98. The first kappa shape index (κ1) is 14.1. The average molecular weight is 287 g/mol. The summed E-state index contributed by atoms with van der Waals surface area (Å²) in [5, 5.41) is 12.1. The molecular weight excluding hydrogens is 270 g/mol. The van der Waals surface area contributed by atoms with E-state index in [1.54, 1.807) is 6.21 Å². The SMILES string of the molecule is Cc1ccc(/[N+]([O-])=C/c2ccc(-c3ccccc3)cc2)cc1. The van der Waals surface area contributed by atoms with Gasteiger partial charge in [0, 0.05) is 17.7 Å². The lowest BCUT2D eigenvalue weighted by molar-refractivity contribution is -0.354. The lowest BCUT2D eigenvalue weighted by Crippen LogP contribution is -1.98. The van der Waals surface area contributed by atoms with E-state index in [0.29, 0.717) is 5.69 Å². The molecule has 3 rings (SSSR count). The van der Waals surface area contributed by atoms with Gasteiger partial charge in [0.25, 0.3) is 0 Å². The molecule has 2 nitrogen and oxygen atoms in total. The second-order valence-corrected chi connectivity index (χ2v) is 5.28. The highest BCUT2D eigenvalue weighted by molar-refractivity contribution is 5.78. The van der Waals surface area contributed by atoms with E-state index in [9.17, 15) is 5.21 Å². The predicted octanol–water partition coefficient (Wildman–Crippen LogP) is 4.92. The van der Waals surface area contributed by atoms with Crippen LogP contribution in [-0.4, -0.2) is 11.0 Å². The zero-order valence-electron chi connectivity index (χ0n) is 12.4. The van der Waals surface area contributed by atoms with E-state index in [0.717, 1.165) is 21.4 Å². The monoisotopic (exact) mass is 287 g/mol. The van der Waals surface area contributed by atoms with Gasteiger partial charge in [-0.05, 0) is 30.2 Å². The first-order valence-corrected chi connectivity index (χ1v) is 7.26. The Kier molecular flexibility index (Phi) is 4.01. The zero-order chi connectivity index (χ0) is 15.4. The Labute approximate surface area is 130 Å². The Hall–Kier alpha value is -2.87. The van der Waals surface area contributed by atoms with E-state index in [1.165, 1.54) is 5.56 Å². The zero-order valence-corrected chi connectivity index (χ0v) is 12.4. The summed E-state index contributed by atoms with van der Waals surface area (Å²) in [6, 6.07) is 25.7. The maximum Gasteiger partial charge on any atom is 0.216 e. The molecule has 0 saturated carbocycles. The summed E-state index contributed by atoms with van der Waals surface area (Å²) in [5.74, 6) is 0. The van der Waals surface area contributed by atoms with Crippen molar-refractivity contribution >= 4 is 11.9 Å². The number of rotatable bonds is 3. The van der Waals surface area contributed by atoms with Crippen LogP contribution >= 0.6 is 0 Å². The first-order valence-electron chi connectivity index (χ1n) is 7.26. The molecule has 0 amide bonds. The van der Waals surface area contributed by atoms with Crippen molar-refractivity contribution in [2.75, 3.05) is 0 Å². The van der Waals surface area contributed by atoms with Crippen molar-refractivity contribution < 1.29 is 4.74 Å². The fourth-order valence-corrected chi connectivity index (χ4v) is 2.29. The van der Waals surface area contributed by atoms with E-state index in [4.69, 9.17) is 0 Å². The number of hydrogen-bond donors (Lipinski definition) is 0. The molecule has 0 spiro atoms. The van der Waals surface area contributed by atoms with Crippen LogP contribution in [0.4, 0.5) is 5.69 Å². The van der Waals surface area contributed by atoms with Gasteiger partial charge >= 0.3 is 0 Å². The summed E-state index contributed by atoms with van der Waals surface area (Å²) < 4.78 is 0.900. The maximum absolute atomic E-state index is 12.1. The van der Waals surface area contributed by atoms with Crippen LogP contribution in [0.5, 0.6) is 0 Å². The number of benzene rings is 3. The predicted molar refractivity (Wildman–Crippen MR) is 91.5 cm³/mol. The molecule has 3 aromatic carbocycles. The van der Waals surface area contributed by atoms with Gasteiger partial charge in [0.15, 0.2) is 6.21 Å². The van der Waals surface area contributed by atoms with Crippen LogP contribution in [0.3, 0.4) is 0 Å². The van der Waals surface area contributed by atoms with Gasteiger partial charge < -0.3 is 5.21 Å².